The van der Waals surface area contributed by atoms with Crippen LogP contribution >= 0.6 is 0 Å². The molecule has 0 saturated carbocycles. The molecule has 2 heterocycles. The van der Waals surface area contributed by atoms with Gasteiger partial charge in [0.25, 0.3) is 0 Å². The summed E-state index contributed by atoms with van der Waals surface area (Å²) in [6, 6.07) is 18.0. The van der Waals surface area contributed by atoms with Crippen molar-refractivity contribution < 1.29 is 8.42 Å². The van der Waals surface area contributed by atoms with E-state index in [1.165, 1.54) is 6.42 Å². The second kappa shape index (κ2) is 6.48. The van der Waals surface area contributed by atoms with E-state index in [9.17, 15) is 8.42 Å². The lowest BCUT2D eigenvalue weighted by Crippen LogP contribution is -2.29. The SMILES string of the molecule is O=S(=O)(c1ccccc1)c1cc(N2CCCCC2)c2ccccc2n1. The van der Waals surface area contributed by atoms with Gasteiger partial charge in [0.05, 0.1) is 10.4 Å². The van der Waals surface area contributed by atoms with Crippen LogP contribution in [-0.2, 0) is 9.84 Å². The molecule has 0 N–H and O–H groups in total. The third-order valence-corrected chi connectivity index (χ3v) is 6.35. The van der Waals surface area contributed by atoms with E-state index < -0.39 is 9.84 Å². The second-order valence-corrected chi connectivity index (χ2v) is 8.26. The van der Waals surface area contributed by atoms with Crippen LogP contribution in [0.2, 0.25) is 0 Å². The minimum absolute atomic E-state index is 0.123. The summed E-state index contributed by atoms with van der Waals surface area (Å²) in [5, 5.41) is 1.13. The van der Waals surface area contributed by atoms with Crippen LogP contribution in [0.5, 0.6) is 0 Å². The molecule has 4 nitrogen and oxygen atoms in total. The van der Waals surface area contributed by atoms with Gasteiger partial charge >= 0.3 is 0 Å². The van der Waals surface area contributed by atoms with Gasteiger partial charge in [0.15, 0.2) is 5.03 Å². The van der Waals surface area contributed by atoms with Gasteiger partial charge in [-0.2, -0.15) is 0 Å². The Balaban J connectivity index is 1.91. The number of hydrogen-bond donors (Lipinski definition) is 0. The zero-order valence-electron chi connectivity index (χ0n) is 13.9. The molecule has 0 atom stereocenters. The summed E-state index contributed by atoms with van der Waals surface area (Å²) in [5.74, 6) is 0. The average Bonchev–Trinajstić information content (AvgIpc) is 2.68. The minimum atomic E-state index is -3.63. The maximum absolute atomic E-state index is 13.0. The van der Waals surface area contributed by atoms with E-state index in [1.54, 1.807) is 30.3 Å². The fourth-order valence-electron chi connectivity index (χ4n) is 3.39. The van der Waals surface area contributed by atoms with Crippen molar-refractivity contribution in [3.05, 3.63) is 60.7 Å². The number of nitrogens with zero attached hydrogens (tertiary/aromatic N) is 2. The summed E-state index contributed by atoms with van der Waals surface area (Å²) in [7, 11) is -3.63. The molecule has 1 fully saturated rings. The number of para-hydroxylation sites is 1. The lowest BCUT2D eigenvalue weighted by molar-refractivity contribution is 0.577. The molecule has 5 heteroatoms. The van der Waals surface area contributed by atoms with Crippen molar-refractivity contribution in [1.82, 2.24) is 4.98 Å². The van der Waals surface area contributed by atoms with E-state index in [-0.39, 0.29) is 9.92 Å². The fraction of sp³-hybridized carbons (Fsp3) is 0.250. The first-order valence-corrected chi connectivity index (χ1v) is 10.1. The Hall–Kier alpha value is -2.40. The molecule has 0 spiro atoms. The Morgan fingerprint density at radius 2 is 1.52 bits per heavy atom. The third-order valence-electron chi connectivity index (χ3n) is 4.70. The van der Waals surface area contributed by atoms with Gasteiger partial charge in [-0.15, -0.1) is 0 Å². The molecule has 128 valence electrons. The first-order chi connectivity index (χ1) is 12.2. The van der Waals surface area contributed by atoms with E-state index in [2.05, 4.69) is 9.88 Å². The zero-order valence-corrected chi connectivity index (χ0v) is 14.7. The quantitative estimate of drug-likeness (QED) is 0.713. The van der Waals surface area contributed by atoms with Crippen LogP contribution in [0.1, 0.15) is 19.3 Å². The molecule has 0 radical (unpaired) electrons. The monoisotopic (exact) mass is 352 g/mol. The van der Waals surface area contributed by atoms with Gasteiger partial charge < -0.3 is 4.90 Å². The molecular weight excluding hydrogens is 332 g/mol. The molecule has 1 aliphatic rings. The van der Waals surface area contributed by atoms with Gasteiger partial charge in [-0.1, -0.05) is 36.4 Å². The van der Waals surface area contributed by atoms with Crippen LogP contribution in [0.25, 0.3) is 10.9 Å². The van der Waals surface area contributed by atoms with Crippen LogP contribution in [-0.4, -0.2) is 26.5 Å². The maximum Gasteiger partial charge on any atom is 0.223 e. The number of hydrogen-bond acceptors (Lipinski definition) is 4. The van der Waals surface area contributed by atoms with Crippen LogP contribution in [0.3, 0.4) is 0 Å². The first kappa shape index (κ1) is 16.1. The largest absolute Gasteiger partial charge is 0.371 e. The molecule has 0 bridgehead atoms. The van der Waals surface area contributed by atoms with E-state index >= 15 is 0 Å². The molecule has 0 unspecified atom stereocenters. The summed E-state index contributed by atoms with van der Waals surface area (Å²) in [5.41, 5.74) is 1.69. The predicted octanol–water partition coefficient (Wildman–Crippen LogP) is 4.06. The highest BCUT2D eigenvalue weighted by Crippen LogP contribution is 2.32. The molecular formula is C20H20N2O2S. The molecule has 1 aliphatic heterocycles. The summed E-state index contributed by atoms with van der Waals surface area (Å²) < 4.78 is 26.1. The van der Waals surface area contributed by atoms with Gasteiger partial charge in [-0.25, -0.2) is 13.4 Å². The van der Waals surface area contributed by atoms with Crippen LogP contribution < -0.4 is 4.90 Å². The van der Waals surface area contributed by atoms with Crippen LogP contribution in [0.15, 0.2) is 70.6 Å². The molecule has 0 aliphatic carbocycles. The Kier molecular flexibility index (Phi) is 4.17. The number of sulfone groups is 1. The van der Waals surface area contributed by atoms with Gasteiger partial charge in [0.1, 0.15) is 0 Å². The third kappa shape index (κ3) is 3.00. The molecule has 4 rings (SSSR count). The van der Waals surface area contributed by atoms with Gasteiger partial charge in [0, 0.05) is 24.2 Å². The number of aromatic nitrogens is 1. The molecule has 25 heavy (non-hydrogen) atoms. The van der Waals surface area contributed by atoms with E-state index in [1.807, 2.05) is 30.3 Å². The summed E-state index contributed by atoms with van der Waals surface area (Å²) in [4.78, 5) is 7.03. The van der Waals surface area contributed by atoms with Gasteiger partial charge in [-0.3, -0.25) is 0 Å². The zero-order chi connectivity index (χ0) is 17.3. The van der Waals surface area contributed by atoms with Gasteiger partial charge in [0.2, 0.25) is 9.84 Å². The highest BCUT2D eigenvalue weighted by molar-refractivity contribution is 7.91. The van der Waals surface area contributed by atoms with Gasteiger partial charge in [-0.05, 0) is 43.5 Å². The van der Waals surface area contributed by atoms with Crippen molar-refractivity contribution in [1.29, 1.82) is 0 Å². The predicted molar refractivity (Wildman–Crippen MR) is 99.7 cm³/mol. The molecule has 1 saturated heterocycles. The van der Waals surface area contributed by atoms with Crippen LogP contribution in [0, 0.1) is 0 Å². The van der Waals surface area contributed by atoms with Crippen molar-refractivity contribution in [3.63, 3.8) is 0 Å². The standard InChI is InChI=1S/C20H20N2O2S/c23-25(24,16-9-3-1-4-10-16)20-15-19(22-13-7-2-8-14-22)17-11-5-6-12-18(17)21-20/h1,3-6,9-12,15H,2,7-8,13-14H2. The molecule has 2 aromatic carbocycles. The Labute approximate surface area is 148 Å². The molecule has 1 aromatic heterocycles. The van der Waals surface area contributed by atoms with Crippen molar-refractivity contribution in [2.24, 2.45) is 0 Å². The van der Waals surface area contributed by atoms with Crippen LogP contribution in [0.4, 0.5) is 5.69 Å². The smallest absolute Gasteiger partial charge is 0.223 e. The summed E-state index contributed by atoms with van der Waals surface area (Å²) >= 11 is 0. The van der Waals surface area contributed by atoms with Crippen molar-refractivity contribution in [2.75, 3.05) is 18.0 Å². The number of pyridine rings is 1. The highest BCUT2D eigenvalue weighted by Gasteiger charge is 2.23. The first-order valence-electron chi connectivity index (χ1n) is 8.61. The fourth-order valence-corrected chi connectivity index (χ4v) is 4.63. The number of piperidine rings is 1. The number of fused-ring (bicyclic) bond motifs is 1. The Morgan fingerprint density at radius 1 is 0.840 bits per heavy atom. The van der Waals surface area contributed by atoms with Crippen molar-refractivity contribution >= 4 is 26.4 Å². The normalized spacial score (nSPS) is 15.4. The number of rotatable bonds is 3. The Bertz CT molecular complexity index is 995. The van der Waals surface area contributed by atoms with E-state index in [0.717, 1.165) is 42.5 Å². The number of benzene rings is 2. The summed E-state index contributed by atoms with van der Waals surface area (Å²) in [6.07, 6.45) is 3.50. The van der Waals surface area contributed by atoms with E-state index in [0.29, 0.717) is 0 Å². The van der Waals surface area contributed by atoms with Crippen molar-refractivity contribution in [3.8, 4) is 0 Å². The lowest BCUT2D eigenvalue weighted by atomic mass is 10.1. The highest BCUT2D eigenvalue weighted by atomic mass is 32.2. The topological polar surface area (TPSA) is 50.3 Å². The van der Waals surface area contributed by atoms with E-state index in [4.69, 9.17) is 0 Å². The maximum atomic E-state index is 13.0. The minimum Gasteiger partial charge on any atom is -0.371 e. The lowest BCUT2D eigenvalue weighted by Gasteiger charge is -2.30. The molecule has 3 aromatic rings. The summed E-state index contributed by atoms with van der Waals surface area (Å²) in [6.45, 7) is 1.91. The average molecular weight is 352 g/mol. The Morgan fingerprint density at radius 3 is 2.28 bits per heavy atom. The molecule has 0 amide bonds. The second-order valence-electron chi connectivity index (χ2n) is 6.36. The van der Waals surface area contributed by atoms with Crippen molar-refractivity contribution in [2.45, 2.75) is 29.2 Å². The number of anilines is 1.